The molecule has 2 aromatic carbocycles. The van der Waals surface area contributed by atoms with Crippen LogP contribution in [0.2, 0.25) is 0 Å². The van der Waals surface area contributed by atoms with Crippen LogP contribution < -0.4 is 4.74 Å². The van der Waals surface area contributed by atoms with Crippen molar-refractivity contribution < 1.29 is 22.7 Å². The molecule has 0 unspecified atom stereocenters. The predicted molar refractivity (Wildman–Crippen MR) is 135 cm³/mol. The molecule has 7 nitrogen and oxygen atoms in total. The van der Waals surface area contributed by atoms with Gasteiger partial charge in [0.1, 0.15) is 23.6 Å². The fourth-order valence-electron chi connectivity index (χ4n) is 3.99. The smallest absolute Gasteiger partial charge is 0.433 e. The van der Waals surface area contributed by atoms with Gasteiger partial charge in [-0.25, -0.2) is 9.97 Å². The maximum absolute atomic E-state index is 12.6. The van der Waals surface area contributed by atoms with Gasteiger partial charge in [-0.15, -0.1) is 0 Å². The van der Waals surface area contributed by atoms with Crippen LogP contribution in [0, 0.1) is 0 Å². The summed E-state index contributed by atoms with van der Waals surface area (Å²) >= 11 is 0. The Hall–Kier alpha value is -4.60. The van der Waals surface area contributed by atoms with Crippen molar-refractivity contribution in [2.45, 2.75) is 25.4 Å². The van der Waals surface area contributed by atoms with Gasteiger partial charge in [-0.1, -0.05) is 24.3 Å². The van der Waals surface area contributed by atoms with E-state index in [1.54, 1.807) is 35.1 Å². The fourth-order valence-corrected chi connectivity index (χ4v) is 3.99. The molecule has 0 saturated carbocycles. The topological polar surface area (TPSA) is 82.8 Å². The third-order valence-electron chi connectivity index (χ3n) is 5.99. The summed E-state index contributed by atoms with van der Waals surface area (Å²) in [5.41, 5.74) is 3.15. The van der Waals surface area contributed by atoms with E-state index in [2.05, 4.69) is 20.1 Å². The van der Waals surface area contributed by atoms with Crippen molar-refractivity contribution in [3.63, 3.8) is 0 Å². The molecule has 3 heterocycles. The quantitative estimate of drug-likeness (QED) is 0.252. The third kappa shape index (κ3) is 5.86. The van der Waals surface area contributed by atoms with Crippen molar-refractivity contribution in [1.82, 2.24) is 24.7 Å². The first-order chi connectivity index (χ1) is 18.2. The maximum Gasteiger partial charge on any atom is 0.433 e. The monoisotopic (exact) mass is 517 g/mol. The molecule has 0 saturated heterocycles. The van der Waals surface area contributed by atoms with Crippen LogP contribution in [-0.2, 0) is 30.9 Å². The highest BCUT2D eigenvalue weighted by molar-refractivity contribution is 5.87. The number of fused-ring (bicyclic) bond motifs is 1. The number of hydrogen-bond acceptors (Lipinski definition) is 6. The number of ether oxygens (including phenoxy) is 1. The fraction of sp³-hybridized carbons (Fsp3) is 0.179. The lowest BCUT2D eigenvalue weighted by molar-refractivity contribution is -0.141. The van der Waals surface area contributed by atoms with E-state index in [0.29, 0.717) is 23.6 Å². The zero-order valence-electron chi connectivity index (χ0n) is 20.3. The summed E-state index contributed by atoms with van der Waals surface area (Å²) < 4.78 is 45.6. The summed E-state index contributed by atoms with van der Waals surface area (Å²) in [6, 6.07) is 15.2. The van der Waals surface area contributed by atoms with Crippen molar-refractivity contribution >= 4 is 16.7 Å². The van der Waals surface area contributed by atoms with Crippen LogP contribution in [0.4, 0.5) is 13.2 Å². The number of hydrogen-bond donors (Lipinski definition) is 0. The SMILES string of the molecule is Cn1cc(-c2ccc3c(Oc4ccc(CC(=O)CCc5ccc(C(F)(F)F)nc5)cc4)ncnc3c2)cn1. The molecule has 192 valence electrons. The summed E-state index contributed by atoms with van der Waals surface area (Å²) in [6.45, 7) is 0. The second-order valence-electron chi connectivity index (χ2n) is 8.82. The Morgan fingerprint density at radius 3 is 2.39 bits per heavy atom. The number of aromatic nitrogens is 5. The Morgan fingerprint density at radius 1 is 0.921 bits per heavy atom. The molecule has 0 aliphatic heterocycles. The van der Waals surface area contributed by atoms with Crippen LogP contribution in [-0.4, -0.2) is 30.5 Å². The zero-order valence-corrected chi connectivity index (χ0v) is 20.3. The van der Waals surface area contributed by atoms with Crippen molar-refractivity contribution in [2.75, 3.05) is 0 Å². The summed E-state index contributed by atoms with van der Waals surface area (Å²) in [7, 11) is 1.86. The van der Waals surface area contributed by atoms with Gasteiger partial charge in [0.15, 0.2) is 0 Å². The summed E-state index contributed by atoms with van der Waals surface area (Å²) in [5.74, 6) is 0.958. The molecule has 0 aliphatic carbocycles. The minimum absolute atomic E-state index is 0.0234. The highest BCUT2D eigenvalue weighted by atomic mass is 19.4. The van der Waals surface area contributed by atoms with Crippen LogP contribution in [0.3, 0.4) is 0 Å². The van der Waals surface area contributed by atoms with Crippen molar-refractivity contribution in [3.8, 4) is 22.8 Å². The van der Waals surface area contributed by atoms with E-state index in [4.69, 9.17) is 4.74 Å². The Morgan fingerprint density at radius 2 is 1.71 bits per heavy atom. The van der Waals surface area contributed by atoms with Gasteiger partial charge in [0.25, 0.3) is 0 Å². The molecule has 0 N–H and O–H groups in total. The number of benzene rings is 2. The van der Waals surface area contributed by atoms with Gasteiger partial charge in [0, 0.05) is 37.8 Å². The molecule has 5 aromatic rings. The highest BCUT2D eigenvalue weighted by Gasteiger charge is 2.32. The van der Waals surface area contributed by atoms with Crippen LogP contribution in [0.15, 0.2) is 79.5 Å². The summed E-state index contributed by atoms with van der Waals surface area (Å²) in [4.78, 5) is 24.5. The Labute approximate surface area is 216 Å². The van der Waals surface area contributed by atoms with E-state index in [-0.39, 0.29) is 18.6 Å². The number of pyridine rings is 1. The molecule has 0 radical (unpaired) electrons. The molecular weight excluding hydrogens is 495 g/mol. The molecule has 0 aliphatic rings. The van der Waals surface area contributed by atoms with Gasteiger partial charge < -0.3 is 4.74 Å². The van der Waals surface area contributed by atoms with E-state index in [1.165, 1.54) is 18.6 Å². The molecule has 10 heteroatoms. The summed E-state index contributed by atoms with van der Waals surface area (Å²) in [6.07, 6.45) is 2.60. The average molecular weight is 518 g/mol. The molecule has 3 aromatic heterocycles. The lowest BCUT2D eigenvalue weighted by atomic mass is 10.0. The molecule has 38 heavy (non-hydrogen) atoms. The van der Waals surface area contributed by atoms with Crippen LogP contribution >= 0.6 is 0 Å². The van der Waals surface area contributed by atoms with Gasteiger partial charge in [0.2, 0.25) is 5.88 Å². The second kappa shape index (κ2) is 10.4. The first-order valence-corrected chi connectivity index (χ1v) is 11.8. The number of aryl methyl sites for hydroxylation is 2. The lowest BCUT2D eigenvalue weighted by Gasteiger charge is -2.09. The van der Waals surface area contributed by atoms with Gasteiger partial charge in [-0.3, -0.25) is 14.5 Å². The molecule has 0 bridgehead atoms. The van der Waals surface area contributed by atoms with E-state index in [0.717, 1.165) is 33.7 Å². The number of ketones is 1. The lowest BCUT2D eigenvalue weighted by Crippen LogP contribution is -2.08. The van der Waals surface area contributed by atoms with E-state index >= 15 is 0 Å². The molecule has 0 spiro atoms. The number of Topliss-reactive ketones (excluding diaryl/α,β-unsaturated/α-hetero) is 1. The van der Waals surface area contributed by atoms with E-state index in [9.17, 15) is 18.0 Å². The third-order valence-corrected chi connectivity index (χ3v) is 5.99. The van der Waals surface area contributed by atoms with E-state index in [1.807, 2.05) is 31.4 Å². The standard InChI is InChI=1S/C28H22F3N5O2/c1-36-16-21(15-35-36)20-6-10-24-25(13-20)33-17-34-27(24)38-23-8-3-18(4-9-23)12-22(37)7-2-19-5-11-26(32-14-19)28(29,30)31/h3-6,8-11,13-17H,2,7,12H2,1H3. The molecule has 0 atom stereocenters. The Kier molecular flexibility index (Phi) is 6.87. The van der Waals surface area contributed by atoms with Crippen molar-refractivity contribution in [1.29, 1.82) is 0 Å². The maximum atomic E-state index is 12.6. The molecule has 5 rings (SSSR count). The highest BCUT2D eigenvalue weighted by Crippen LogP contribution is 2.30. The number of carbonyl (C=O) groups is 1. The number of rotatable bonds is 8. The minimum atomic E-state index is -4.48. The van der Waals surface area contributed by atoms with Gasteiger partial charge in [-0.2, -0.15) is 18.3 Å². The Bertz CT molecular complexity index is 1580. The predicted octanol–water partition coefficient (Wildman–Crippen LogP) is 5.98. The zero-order chi connectivity index (χ0) is 26.7. The average Bonchev–Trinajstić information content (AvgIpc) is 3.34. The first-order valence-electron chi connectivity index (χ1n) is 11.8. The molecule has 0 fully saturated rings. The largest absolute Gasteiger partial charge is 0.438 e. The van der Waals surface area contributed by atoms with Crippen LogP contribution in [0.1, 0.15) is 23.2 Å². The minimum Gasteiger partial charge on any atom is -0.438 e. The van der Waals surface area contributed by atoms with Crippen molar-refractivity contribution in [2.24, 2.45) is 7.05 Å². The van der Waals surface area contributed by atoms with Crippen molar-refractivity contribution in [3.05, 3.63) is 96.3 Å². The normalized spacial score (nSPS) is 11.6. The first kappa shape index (κ1) is 25.1. The number of nitrogens with zero attached hydrogens (tertiary/aromatic N) is 5. The van der Waals surface area contributed by atoms with Gasteiger partial charge >= 0.3 is 6.18 Å². The number of alkyl halides is 3. The van der Waals surface area contributed by atoms with Crippen LogP contribution in [0.5, 0.6) is 11.6 Å². The van der Waals surface area contributed by atoms with Gasteiger partial charge in [0.05, 0.1) is 17.1 Å². The number of halogens is 3. The second-order valence-corrected chi connectivity index (χ2v) is 8.82. The number of carbonyl (C=O) groups excluding carboxylic acids is 1. The van der Waals surface area contributed by atoms with Crippen LogP contribution in [0.25, 0.3) is 22.0 Å². The van der Waals surface area contributed by atoms with E-state index < -0.39 is 11.9 Å². The van der Waals surface area contributed by atoms with Gasteiger partial charge in [-0.05, 0) is 53.4 Å². The molecule has 0 amide bonds. The summed E-state index contributed by atoms with van der Waals surface area (Å²) in [5, 5.41) is 4.97. The Balaban J connectivity index is 1.20. The molecular formula is C28H22F3N5O2.